The van der Waals surface area contributed by atoms with Crippen LogP contribution in [0, 0.1) is 11.3 Å². The van der Waals surface area contributed by atoms with Crippen LogP contribution in [0.25, 0.3) is 27.9 Å². The Morgan fingerprint density at radius 1 is 1.00 bits per heavy atom. The summed E-state index contributed by atoms with van der Waals surface area (Å²) >= 11 is 1.36. The van der Waals surface area contributed by atoms with Crippen LogP contribution in [0.4, 0.5) is 0 Å². The highest BCUT2D eigenvalue weighted by atomic mass is 32.2. The monoisotopic (exact) mass is 317 g/mol. The predicted octanol–water partition coefficient (Wildman–Crippen LogP) is 3.56. The molecule has 2 aromatic carbocycles. The molecule has 0 saturated heterocycles. The summed E-state index contributed by atoms with van der Waals surface area (Å²) in [5, 5.41) is 15.1. The molecule has 0 fully saturated rings. The van der Waals surface area contributed by atoms with Crippen molar-refractivity contribution in [1.82, 2.24) is 19.6 Å². The fourth-order valence-corrected chi connectivity index (χ4v) is 3.04. The molecular formula is C17H11N5S. The maximum absolute atomic E-state index is 8.85. The van der Waals surface area contributed by atoms with Crippen molar-refractivity contribution >= 4 is 28.3 Å². The van der Waals surface area contributed by atoms with Crippen LogP contribution in [0.5, 0.6) is 0 Å². The summed E-state index contributed by atoms with van der Waals surface area (Å²) in [6, 6.07) is 19.8. The molecule has 2 aromatic heterocycles. The van der Waals surface area contributed by atoms with Gasteiger partial charge in [0.05, 0.1) is 17.3 Å². The van der Waals surface area contributed by atoms with Crippen molar-refractivity contribution in [1.29, 1.82) is 5.26 Å². The van der Waals surface area contributed by atoms with Crippen LogP contribution >= 0.6 is 11.8 Å². The van der Waals surface area contributed by atoms with Gasteiger partial charge in [0.1, 0.15) is 0 Å². The Morgan fingerprint density at radius 3 is 2.61 bits per heavy atom. The standard InChI is InChI=1S/C17H11N5S/c18-10-11-23-17-19-14-9-5-4-8-13(14)16-20-15(21-22(16)17)12-6-2-1-3-7-12/h1-9H,11H2. The lowest BCUT2D eigenvalue weighted by atomic mass is 10.2. The summed E-state index contributed by atoms with van der Waals surface area (Å²) in [6.45, 7) is 0. The number of aromatic nitrogens is 4. The topological polar surface area (TPSA) is 66.9 Å². The van der Waals surface area contributed by atoms with E-state index in [4.69, 9.17) is 10.2 Å². The van der Waals surface area contributed by atoms with Crippen molar-refractivity contribution in [2.24, 2.45) is 0 Å². The second-order valence-corrected chi connectivity index (χ2v) is 5.84. The van der Waals surface area contributed by atoms with E-state index in [1.807, 2.05) is 54.6 Å². The summed E-state index contributed by atoms with van der Waals surface area (Å²) in [5.41, 5.74) is 2.57. The molecule has 110 valence electrons. The number of para-hydroxylation sites is 1. The maximum Gasteiger partial charge on any atom is 0.192 e. The molecule has 0 atom stereocenters. The molecule has 0 spiro atoms. The average molecular weight is 317 g/mol. The highest BCUT2D eigenvalue weighted by Gasteiger charge is 2.14. The zero-order valence-corrected chi connectivity index (χ0v) is 12.9. The Labute approximate surface area is 136 Å². The van der Waals surface area contributed by atoms with E-state index in [0.29, 0.717) is 16.7 Å². The summed E-state index contributed by atoms with van der Waals surface area (Å²) in [6.07, 6.45) is 0. The normalized spacial score (nSPS) is 10.9. The highest BCUT2D eigenvalue weighted by Crippen LogP contribution is 2.26. The van der Waals surface area contributed by atoms with Crippen molar-refractivity contribution in [2.45, 2.75) is 5.16 Å². The van der Waals surface area contributed by atoms with Crippen LogP contribution in [-0.4, -0.2) is 25.3 Å². The Hall–Kier alpha value is -2.91. The molecule has 0 amide bonds. The minimum absolute atomic E-state index is 0.320. The van der Waals surface area contributed by atoms with Gasteiger partial charge in [-0.05, 0) is 12.1 Å². The first kappa shape index (κ1) is 13.7. The molecule has 2 heterocycles. The molecule has 0 saturated carbocycles. The van der Waals surface area contributed by atoms with E-state index >= 15 is 0 Å². The molecule has 0 aliphatic carbocycles. The van der Waals surface area contributed by atoms with Crippen LogP contribution in [0.1, 0.15) is 0 Å². The molecule has 0 unspecified atom stereocenters. The molecule has 0 aliphatic rings. The number of hydrogen-bond acceptors (Lipinski definition) is 5. The van der Waals surface area contributed by atoms with Gasteiger partial charge in [-0.25, -0.2) is 9.97 Å². The van der Waals surface area contributed by atoms with Gasteiger partial charge in [0.25, 0.3) is 0 Å². The zero-order valence-electron chi connectivity index (χ0n) is 12.0. The third-order valence-electron chi connectivity index (χ3n) is 3.45. The quantitative estimate of drug-likeness (QED) is 0.427. The van der Waals surface area contributed by atoms with Gasteiger partial charge in [0, 0.05) is 10.9 Å². The zero-order chi connectivity index (χ0) is 15.6. The lowest BCUT2D eigenvalue weighted by Crippen LogP contribution is -1.98. The fraction of sp³-hybridized carbons (Fsp3) is 0.0588. The van der Waals surface area contributed by atoms with Gasteiger partial charge in [-0.2, -0.15) is 9.78 Å². The SMILES string of the molecule is N#CCSc1nc2ccccc2c2nc(-c3ccccc3)nn12. The predicted molar refractivity (Wildman–Crippen MR) is 90.1 cm³/mol. The van der Waals surface area contributed by atoms with Crippen LogP contribution in [0.2, 0.25) is 0 Å². The van der Waals surface area contributed by atoms with Crippen LogP contribution < -0.4 is 0 Å². The summed E-state index contributed by atoms with van der Waals surface area (Å²) < 4.78 is 1.73. The maximum atomic E-state index is 8.85. The first-order valence-corrected chi connectivity index (χ1v) is 8.06. The number of rotatable bonds is 3. The van der Waals surface area contributed by atoms with Crippen molar-refractivity contribution in [3.05, 3.63) is 54.6 Å². The molecule has 0 aliphatic heterocycles. The van der Waals surface area contributed by atoms with E-state index in [2.05, 4.69) is 16.2 Å². The molecule has 4 aromatic rings. The molecule has 0 N–H and O–H groups in total. The molecular weight excluding hydrogens is 306 g/mol. The lowest BCUT2D eigenvalue weighted by Gasteiger charge is -2.03. The Bertz CT molecular complexity index is 1030. The van der Waals surface area contributed by atoms with Gasteiger partial charge < -0.3 is 0 Å². The van der Waals surface area contributed by atoms with Crippen LogP contribution in [-0.2, 0) is 0 Å². The van der Waals surface area contributed by atoms with Gasteiger partial charge in [-0.1, -0.05) is 54.2 Å². The number of fused-ring (bicyclic) bond motifs is 3. The smallest absolute Gasteiger partial charge is 0.192 e. The van der Waals surface area contributed by atoms with Crippen molar-refractivity contribution in [3.8, 4) is 17.5 Å². The molecule has 0 bridgehead atoms. The van der Waals surface area contributed by atoms with Crippen molar-refractivity contribution in [3.63, 3.8) is 0 Å². The molecule has 0 radical (unpaired) electrons. The third-order valence-corrected chi connectivity index (χ3v) is 4.24. The minimum atomic E-state index is 0.320. The number of nitrogens with zero attached hydrogens (tertiary/aromatic N) is 5. The number of hydrogen-bond donors (Lipinski definition) is 0. The molecule has 6 heteroatoms. The number of thioether (sulfide) groups is 1. The van der Waals surface area contributed by atoms with Gasteiger partial charge >= 0.3 is 0 Å². The van der Waals surface area contributed by atoms with Gasteiger partial charge in [0.2, 0.25) is 0 Å². The van der Waals surface area contributed by atoms with E-state index in [9.17, 15) is 0 Å². The summed E-state index contributed by atoms with van der Waals surface area (Å²) in [7, 11) is 0. The van der Waals surface area contributed by atoms with Crippen molar-refractivity contribution in [2.75, 3.05) is 5.75 Å². The van der Waals surface area contributed by atoms with E-state index in [1.54, 1.807) is 4.52 Å². The van der Waals surface area contributed by atoms with Gasteiger partial charge in [-0.3, -0.25) is 0 Å². The van der Waals surface area contributed by atoms with Crippen LogP contribution in [0.3, 0.4) is 0 Å². The first-order valence-electron chi connectivity index (χ1n) is 7.07. The summed E-state index contributed by atoms with van der Waals surface area (Å²) in [4.78, 5) is 9.32. The van der Waals surface area contributed by atoms with E-state index in [0.717, 1.165) is 22.1 Å². The van der Waals surface area contributed by atoms with Crippen LogP contribution in [0.15, 0.2) is 59.8 Å². The van der Waals surface area contributed by atoms with Crippen molar-refractivity contribution < 1.29 is 0 Å². The van der Waals surface area contributed by atoms with E-state index in [1.165, 1.54) is 11.8 Å². The first-order chi connectivity index (χ1) is 11.4. The number of benzene rings is 2. The number of nitriles is 1. The van der Waals surface area contributed by atoms with E-state index in [-0.39, 0.29) is 0 Å². The molecule has 23 heavy (non-hydrogen) atoms. The minimum Gasteiger partial charge on any atom is -0.222 e. The summed E-state index contributed by atoms with van der Waals surface area (Å²) in [5.74, 6) is 0.976. The average Bonchev–Trinajstić information content (AvgIpc) is 3.06. The lowest BCUT2D eigenvalue weighted by molar-refractivity contribution is 0.812. The van der Waals surface area contributed by atoms with Gasteiger partial charge in [0.15, 0.2) is 16.6 Å². The second kappa shape index (κ2) is 5.71. The fourth-order valence-electron chi connectivity index (χ4n) is 2.43. The van der Waals surface area contributed by atoms with E-state index < -0.39 is 0 Å². The van der Waals surface area contributed by atoms with Gasteiger partial charge in [-0.15, -0.1) is 5.10 Å². The second-order valence-electron chi connectivity index (χ2n) is 4.90. The molecule has 5 nitrogen and oxygen atoms in total. The largest absolute Gasteiger partial charge is 0.222 e. The Balaban J connectivity index is 2.00. The highest BCUT2D eigenvalue weighted by molar-refractivity contribution is 7.99. The Morgan fingerprint density at radius 2 is 1.78 bits per heavy atom. The third kappa shape index (κ3) is 2.41. The molecule has 4 rings (SSSR count). The Kier molecular flexibility index (Phi) is 3.41.